The Kier molecular flexibility index (Phi) is 3.73. The molecule has 18 heavy (non-hydrogen) atoms. The first-order chi connectivity index (χ1) is 8.45. The van der Waals surface area contributed by atoms with Crippen molar-refractivity contribution in [2.24, 2.45) is 0 Å². The minimum absolute atomic E-state index is 0.167. The highest BCUT2D eigenvalue weighted by atomic mass is 32.2. The van der Waals surface area contributed by atoms with E-state index in [0.29, 0.717) is 11.5 Å². The van der Waals surface area contributed by atoms with Crippen LogP contribution in [-0.2, 0) is 14.8 Å². The summed E-state index contributed by atoms with van der Waals surface area (Å²) < 4.78 is 32.2. The number of nitriles is 1. The normalized spacial score (nSPS) is 24.0. The lowest BCUT2D eigenvalue weighted by Gasteiger charge is -2.22. The molecule has 1 saturated heterocycles. The maximum atomic E-state index is 12.0. The third-order valence-electron chi connectivity index (χ3n) is 2.89. The summed E-state index contributed by atoms with van der Waals surface area (Å²) in [5, 5.41) is 8.69. The van der Waals surface area contributed by atoms with Crippen molar-refractivity contribution in [3.8, 4) is 6.07 Å². The molecule has 0 saturated carbocycles. The summed E-state index contributed by atoms with van der Waals surface area (Å²) >= 11 is 0.969. The predicted octanol–water partition coefficient (Wildman–Crippen LogP) is 1.47. The lowest BCUT2D eigenvalue weighted by Crippen LogP contribution is -2.39. The first kappa shape index (κ1) is 13.5. The van der Waals surface area contributed by atoms with Gasteiger partial charge in [0.05, 0.1) is 5.60 Å². The molecule has 1 atom stereocenters. The van der Waals surface area contributed by atoms with E-state index < -0.39 is 15.6 Å². The summed E-state index contributed by atoms with van der Waals surface area (Å²) in [6.07, 6.45) is 1.80. The molecule has 1 aromatic rings. The quantitative estimate of drug-likeness (QED) is 0.909. The minimum Gasteiger partial charge on any atom is -0.374 e. The van der Waals surface area contributed by atoms with E-state index >= 15 is 0 Å². The summed E-state index contributed by atoms with van der Waals surface area (Å²) in [5.74, 6) is 0. The largest absolute Gasteiger partial charge is 0.374 e. The van der Waals surface area contributed by atoms with Crippen LogP contribution in [0.15, 0.2) is 16.3 Å². The van der Waals surface area contributed by atoms with Gasteiger partial charge in [0.25, 0.3) is 0 Å². The third kappa shape index (κ3) is 2.90. The topological polar surface area (TPSA) is 79.2 Å². The van der Waals surface area contributed by atoms with Crippen LogP contribution >= 0.6 is 11.3 Å². The van der Waals surface area contributed by atoms with Gasteiger partial charge in [-0.15, -0.1) is 11.3 Å². The molecule has 7 heteroatoms. The number of hydrogen-bond donors (Lipinski definition) is 1. The van der Waals surface area contributed by atoms with Gasteiger partial charge in [0.1, 0.15) is 15.2 Å². The first-order valence-corrected chi connectivity index (χ1v) is 7.89. The Balaban J connectivity index is 2.06. The molecule has 1 aliphatic rings. The number of rotatable bonds is 4. The summed E-state index contributed by atoms with van der Waals surface area (Å²) in [6.45, 7) is 2.84. The van der Waals surface area contributed by atoms with Gasteiger partial charge in [0.2, 0.25) is 10.0 Å². The molecule has 2 heterocycles. The van der Waals surface area contributed by atoms with Crippen LogP contribution in [0.1, 0.15) is 24.6 Å². The molecule has 5 nitrogen and oxygen atoms in total. The van der Waals surface area contributed by atoms with Crippen LogP contribution in [0.25, 0.3) is 0 Å². The molecule has 0 aromatic carbocycles. The number of sulfonamides is 1. The number of nitrogens with one attached hydrogen (secondary N) is 1. The van der Waals surface area contributed by atoms with Crippen molar-refractivity contribution in [3.63, 3.8) is 0 Å². The fraction of sp³-hybridized carbons (Fsp3) is 0.545. The van der Waals surface area contributed by atoms with Gasteiger partial charge < -0.3 is 4.74 Å². The van der Waals surface area contributed by atoms with Crippen molar-refractivity contribution in [1.82, 2.24) is 4.72 Å². The van der Waals surface area contributed by atoms with Crippen LogP contribution in [0.3, 0.4) is 0 Å². The number of hydrogen-bond acceptors (Lipinski definition) is 5. The van der Waals surface area contributed by atoms with E-state index in [4.69, 9.17) is 10.00 Å². The molecule has 0 bridgehead atoms. The van der Waals surface area contributed by atoms with Gasteiger partial charge >= 0.3 is 0 Å². The fourth-order valence-electron chi connectivity index (χ4n) is 1.82. The van der Waals surface area contributed by atoms with Crippen LogP contribution in [0, 0.1) is 11.3 Å². The van der Waals surface area contributed by atoms with E-state index in [1.807, 2.05) is 13.0 Å². The van der Waals surface area contributed by atoms with Crippen LogP contribution in [0.4, 0.5) is 0 Å². The van der Waals surface area contributed by atoms with Gasteiger partial charge in [-0.25, -0.2) is 13.1 Å². The standard InChI is InChI=1S/C11H14N2O3S2/c1-11(5-2-6-16-11)8-13-18(14,15)10-4-3-9(7-12)17-10/h3-4,13H,2,5-6,8H2,1H3. The average Bonchev–Trinajstić information content (AvgIpc) is 2.96. The molecule has 1 N–H and O–H groups in total. The van der Waals surface area contributed by atoms with E-state index in [2.05, 4.69) is 4.72 Å². The molecule has 1 aromatic heterocycles. The van der Waals surface area contributed by atoms with E-state index in [1.165, 1.54) is 12.1 Å². The summed E-state index contributed by atoms with van der Waals surface area (Å²) in [6, 6.07) is 4.88. The highest BCUT2D eigenvalue weighted by Gasteiger charge is 2.31. The second kappa shape index (κ2) is 4.97. The smallest absolute Gasteiger partial charge is 0.250 e. The van der Waals surface area contributed by atoms with Crippen LogP contribution in [0.5, 0.6) is 0 Å². The SMILES string of the molecule is CC1(CNS(=O)(=O)c2ccc(C#N)s2)CCCO1. The Hall–Kier alpha value is -0.940. The summed E-state index contributed by atoms with van der Waals surface area (Å²) in [5.41, 5.74) is -0.414. The highest BCUT2D eigenvalue weighted by molar-refractivity contribution is 7.91. The Morgan fingerprint density at radius 2 is 2.39 bits per heavy atom. The van der Waals surface area contributed by atoms with E-state index in [9.17, 15) is 8.42 Å². The molecule has 0 amide bonds. The molecule has 0 spiro atoms. The second-order valence-corrected chi connectivity index (χ2v) is 7.53. The van der Waals surface area contributed by atoms with Gasteiger partial charge in [0.15, 0.2) is 0 Å². The minimum atomic E-state index is -3.54. The molecule has 1 unspecified atom stereocenters. The van der Waals surface area contributed by atoms with Crippen LogP contribution in [0.2, 0.25) is 0 Å². The molecule has 2 rings (SSSR count). The van der Waals surface area contributed by atoms with Crippen LogP contribution < -0.4 is 4.72 Å². The maximum Gasteiger partial charge on any atom is 0.250 e. The molecule has 98 valence electrons. The van der Waals surface area contributed by atoms with Crippen molar-refractivity contribution in [2.45, 2.75) is 29.6 Å². The van der Waals surface area contributed by atoms with Crippen molar-refractivity contribution in [2.75, 3.05) is 13.2 Å². The highest BCUT2D eigenvalue weighted by Crippen LogP contribution is 2.25. The Bertz CT molecular complexity index is 565. The fourth-order valence-corrected chi connectivity index (χ4v) is 4.12. The van der Waals surface area contributed by atoms with E-state index in [-0.39, 0.29) is 10.8 Å². The number of ether oxygens (including phenoxy) is 1. The average molecular weight is 286 g/mol. The van der Waals surface area contributed by atoms with Gasteiger partial charge in [0, 0.05) is 13.2 Å². The molecule has 0 aliphatic carbocycles. The summed E-state index contributed by atoms with van der Waals surface area (Å²) in [7, 11) is -3.54. The van der Waals surface area contributed by atoms with Crippen molar-refractivity contribution < 1.29 is 13.2 Å². The molecular weight excluding hydrogens is 272 g/mol. The Labute approximate surface area is 110 Å². The zero-order valence-electron chi connectivity index (χ0n) is 9.97. The lowest BCUT2D eigenvalue weighted by atomic mass is 10.0. The third-order valence-corrected chi connectivity index (χ3v) is 5.78. The van der Waals surface area contributed by atoms with Gasteiger partial charge in [-0.2, -0.15) is 5.26 Å². The first-order valence-electron chi connectivity index (χ1n) is 5.59. The number of nitrogens with zero attached hydrogens (tertiary/aromatic N) is 1. The van der Waals surface area contributed by atoms with E-state index in [0.717, 1.165) is 24.2 Å². The number of thiophene rings is 1. The summed E-state index contributed by atoms with van der Waals surface area (Å²) in [4.78, 5) is 0.388. The lowest BCUT2D eigenvalue weighted by molar-refractivity contribution is 0.0250. The monoisotopic (exact) mass is 286 g/mol. The van der Waals surface area contributed by atoms with Crippen molar-refractivity contribution in [3.05, 3.63) is 17.0 Å². The molecule has 1 aliphatic heterocycles. The second-order valence-electron chi connectivity index (χ2n) is 4.46. The molecule has 0 radical (unpaired) electrons. The van der Waals surface area contributed by atoms with Gasteiger partial charge in [-0.1, -0.05) is 0 Å². The zero-order chi connectivity index (χ0) is 13.2. The molecule has 1 fully saturated rings. The van der Waals surface area contributed by atoms with Gasteiger partial charge in [-0.05, 0) is 31.9 Å². The Morgan fingerprint density at radius 3 is 2.94 bits per heavy atom. The molecular formula is C11H14N2O3S2. The predicted molar refractivity (Wildman–Crippen MR) is 67.8 cm³/mol. The van der Waals surface area contributed by atoms with Crippen molar-refractivity contribution >= 4 is 21.4 Å². The maximum absolute atomic E-state index is 12.0. The Morgan fingerprint density at radius 1 is 1.61 bits per heavy atom. The van der Waals surface area contributed by atoms with Crippen LogP contribution in [-0.4, -0.2) is 27.2 Å². The van der Waals surface area contributed by atoms with Gasteiger partial charge in [-0.3, -0.25) is 0 Å². The van der Waals surface area contributed by atoms with Crippen molar-refractivity contribution in [1.29, 1.82) is 5.26 Å². The van der Waals surface area contributed by atoms with E-state index in [1.54, 1.807) is 0 Å². The zero-order valence-corrected chi connectivity index (χ0v) is 11.6.